The Labute approximate surface area is 80.5 Å². The zero-order chi connectivity index (χ0) is 10.6. The number of aromatic nitrogens is 2. The minimum absolute atomic E-state index is 0.410. The van der Waals surface area contributed by atoms with Crippen molar-refractivity contribution in [1.29, 1.82) is 0 Å². The maximum Gasteiger partial charge on any atom is 0.427 e. The molecule has 0 aromatic carbocycles. The van der Waals surface area contributed by atoms with Gasteiger partial charge in [-0.25, -0.2) is 10.2 Å². The van der Waals surface area contributed by atoms with Gasteiger partial charge in [-0.2, -0.15) is 5.10 Å². The topological polar surface area (TPSA) is 73.2 Å². The third kappa shape index (κ3) is 2.32. The Morgan fingerprint density at radius 2 is 2.36 bits per heavy atom. The quantitative estimate of drug-likeness (QED) is 0.730. The lowest BCUT2D eigenvalue weighted by atomic mass is 10.3. The van der Waals surface area contributed by atoms with Gasteiger partial charge in [0.1, 0.15) is 0 Å². The molecule has 1 rings (SSSR count). The number of ether oxygens (including phenoxy) is 1. The number of nitrogens with one attached hydrogen (secondary N) is 1. The zero-order valence-electron chi connectivity index (χ0n) is 7.98. The molecule has 0 fully saturated rings. The smallest absolute Gasteiger partial charge is 0.427 e. The summed E-state index contributed by atoms with van der Waals surface area (Å²) >= 11 is 0. The fourth-order valence-electron chi connectivity index (χ4n) is 0.850. The molecule has 0 radical (unpaired) electrons. The maximum absolute atomic E-state index is 11.2. The highest BCUT2D eigenvalue weighted by Gasteiger charge is 2.03. The number of amides is 1. The summed E-state index contributed by atoms with van der Waals surface area (Å²) in [7, 11) is 1.21. The van der Waals surface area contributed by atoms with E-state index in [1.807, 2.05) is 6.92 Å². The van der Waals surface area contributed by atoms with Crippen molar-refractivity contribution in [3.63, 3.8) is 0 Å². The number of carbonyl (C=O) groups is 1. The molecule has 0 aliphatic rings. The number of hydrogen-bond acceptors (Lipinski definition) is 4. The molecule has 76 valence electrons. The predicted molar refractivity (Wildman–Crippen MR) is 49.6 cm³/mol. The van der Waals surface area contributed by atoms with Crippen LogP contribution in [0.4, 0.5) is 4.79 Å². The first-order valence-electron chi connectivity index (χ1n) is 4.11. The number of nitrogens with zero attached hydrogens (tertiary/aromatic N) is 2. The highest BCUT2D eigenvalue weighted by molar-refractivity contribution is 5.75. The van der Waals surface area contributed by atoms with Crippen LogP contribution in [0.1, 0.15) is 12.6 Å². The SMILES string of the molecule is CCc1ccc(=O)n(NC(=O)OC)n1. The lowest BCUT2D eigenvalue weighted by molar-refractivity contribution is 0.182. The molecule has 1 aromatic heterocycles. The molecule has 1 heterocycles. The summed E-state index contributed by atoms with van der Waals surface area (Å²) in [6.45, 7) is 1.90. The molecule has 0 aliphatic carbocycles. The van der Waals surface area contributed by atoms with Crippen molar-refractivity contribution in [2.75, 3.05) is 12.5 Å². The van der Waals surface area contributed by atoms with Crippen LogP contribution in [0.5, 0.6) is 0 Å². The molecular weight excluding hydrogens is 186 g/mol. The fraction of sp³-hybridized carbons (Fsp3) is 0.375. The summed E-state index contributed by atoms with van der Waals surface area (Å²) in [6, 6.07) is 2.94. The number of methoxy groups -OCH3 is 1. The molecule has 1 aromatic rings. The predicted octanol–water partition coefficient (Wildman–Crippen LogP) is 0.116. The Hall–Kier alpha value is -1.85. The van der Waals surface area contributed by atoms with Crippen molar-refractivity contribution in [3.05, 3.63) is 28.2 Å². The minimum atomic E-state index is -0.729. The number of hydrogen-bond donors (Lipinski definition) is 1. The van der Waals surface area contributed by atoms with E-state index in [4.69, 9.17) is 0 Å². The molecule has 0 aliphatic heterocycles. The van der Waals surface area contributed by atoms with Crippen LogP contribution >= 0.6 is 0 Å². The summed E-state index contributed by atoms with van der Waals surface area (Å²) in [5.41, 5.74) is 2.47. The van der Waals surface area contributed by atoms with Gasteiger partial charge in [-0.3, -0.25) is 4.79 Å². The van der Waals surface area contributed by atoms with Gasteiger partial charge in [0.2, 0.25) is 0 Å². The molecule has 0 spiro atoms. The summed E-state index contributed by atoms with van der Waals surface area (Å²) in [5.74, 6) is 0. The second-order valence-corrected chi connectivity index (χ2v) is 2.53. The average Bonchev–Trinajstić information content (AvgIpc) is 2.21. The van der Waals surface area contributed by atoms with E-state index in [0.29, 0.717) is 12.1 Å². The van der Waals surface area contributed by atoms with Crippen LogP contribution in [0.25, 0.3) is 0 Å². The molecule has 6 nitrogen and oxygen atoms in total. The molecule has 0 bridgehead atoms. The highest BCUT2D eigenvalue weighted by atomic mass is 16.5. The molecule has 0 saturated heterocycles. The first kappa shape index (κ1) is 10.2. The van der Waals surface area contributed by atoms with Gasteiger partial charge < -0.3 is 4.74 Å². The van der Waals surface area contributed by atoms with Crippen LogP contribution in [0.15, 0.2) is 16.9 Å². The Morgan fingerprint density at radius 1 is 1.64 bits per heavy atom. The first-order valence-corrected chi connectivity index (χ1v) is 4.11. The molecule has 0 atom stereocenters. The molecular formula is C8H11N3O3. The van der Waals surface area contributed by atoms with Crippen molar-refractivity contribution in [2.45, 2.75) is 13.3 Å². The largest absolute Gasteiger partial charge is 0.452 e. The van der Waals surface area contributed by atoms with Gasteiger partial charge in [-0.15, -0.1) is 4.79 Å². The lowest BCUT2D eigenvalue weighted by Crippen LogP contribution is -2.35. The Bertz CT molecular complexity index is 386. The van der Waals surface area contributed by atoms with E-state index < -0.39 is 11.7 Å². The van der Waals surface area contributed by atoms with E-state index in [9.17, 15) is 9.59 Å². The van der Waals surface area contributed by atoms with Gasteiger partial charge in [0.25, 0.3) is 5.56 Å². The van der Waals surface area contributed by atoms with E-state index in [-0.39, 0.29) is 0 Å². The standard InChI is InChI=1S/C8H11N3O3/c1-3-6-4-5-7(12)11(9-6)10-8(13)14-2/h4-5H,3H2,1-2H3,(H,10,13). The summed E-state index contributed by atoms with van der Waals surface area (Å²) in [5, 5.41) is 3.87. The molecule has 1 amide bonds. The summed E-state index contributed by atoms with van der Waals surface area (Å²) in [6.07, 6.45) is -0.0452. The zero-order valence-corrected chi connectivity index (χ0v) is 7.98. The summed E-state index contributed by atoms with van der Waals surface area (Å²) < 4.78 is 4.33. The average molecular weight is 197 g/mol. The lowest BCUT2D eigenvalue weighted by Gasteiger charge is -2.05. The Balaban J connectivity index is 2.95. The fourth-order valence-corrected chi connectivity index (χ4v) is 0.850. The van der Waals surface area contributed by atoms with E-state index in [2.05, 4.69) is 15.3 Å². The van der Waals surface area contributed by atoms with E-state index >= 15 is 0 Å². The number of carbonyl (C=O) groups excluding carboxylic acids is 1. The van der Waals surface area contributed by atoms with Crippen LogP contribution in [0.3, 0.4) is 0 Å². The van der Waals surface area contributed by atoms with Crippen molar-refractivity contribution in [2.24, 2.45) is 0 Å². The molecule has 6 heteroatoms. The van der Waals surface area contributed by atoms with Gasteiger partial charge in [-0.05, 0) is 12.5 Å². The summed E-state index contributed by atoms with van der Waals surface area (Å²) in [4.78, 5) is 22.8. The normalized spacial score (nSPS) is 9.57. The third-order valence-corrected chi connectivity index (χ3v) is 1.60. The highest BCUT2D eigenvalue weighted by Crippen LogP contribution is 1.89. The molecule has 0 saturated carbocycles. The molecule has 1 N–H and O–H groups in total. The van der Waals surface area contributed by atoms with Gasteiger partial charge in [-0.1, -0.05) is 6.92 Å². The van der Waals surface area contributed by atoms with Crippen LogP contribution in [0.2, 0.25) is 0 Å². The van der Waals surface area contributed by atoms with E-state index in [0.717, 1.165) is 4.79 Å². The first-order chi connectivity index (χ1) is 6.67. The Morgan fingerprint density at radius 3 is 2.93 bits per heavy atom. The Kier molecular flexibility index (Phi) is 3.22. The van der Waals surface area contributed by atoms with Crippen molar-refractivity contribution in [3.8, 4) is 0 Å². The maximum atomic E-state index is 11.2. The number of rotatable bonds is 2. The van der Waals surface area contributed by atoms with Crippen LogP contribution in [-0.4, -0.2) is 23.1 Å². The third-order valence-electron chi connectivity index (χ3n) is 1.60. The van der Waals surface area contributed by atoms with Gasteiger partial charge in [0.15, 0.2) is 0 Å². The van der Waals surface area contributed by atoms with Crippen molar-refractivity contribution < 1.29 is 9.53 Å². The minimum Gasteiger partial charge on any atom is -0.452 e. The van der Waals surface area contributed by atoms with Gasteiger partial charge >= 0.3 is 6.09 Å². The van der Waals surface area contributed by atoms with Crippen LogP contribution in [-0.2, 0) is 11.2 Å². The monoisotopic (exact) mass is 197 g/mol. The second kappa shape index (κ2) is 4.40. The second-order valence-electron chi connectivity index (χ2n) is 2.53. The van der Waals surface area contributed by atoms with Crippen molar-refractivity contribution in [1.82, 2.24) is 9.89 Å². The van der Waals surface area contributed by atoms with E-state index in [1.165, 1.54) is 13.2 Å². The van der Waals surface area contributed by atoms with Crippen LogP contribution in [0, 0.1) is 0 Å². The number of aryl methyl sites for hydroxylation is 1. The van der Waals surface area contributed by atoms with Crippen LogP contribution < -0.4 is 11.0 Å². The van der Waals surface area contributed by atoms with Crippen molar-refractivity contribution >= 4 is 6.09 Å². The molecule has 14 heavy (non-hydrogen) atoms. The van der Waals surface area contributed by atoms with Gasteiger partial charge in [0.05, 0.1) is 12.8 Å². The molecule has 0 unspecified atom stereocenters. The van der Waals surface area contributed by atoms with E-state index in [1.54, 1.807) is 6.07 Å². The van der Waals surface area contributed by atoms with Gasteiger partial charge in [0, 0.05) is 6.07 Å².